The molecule has 1 aliphatic heterocycles. The van der Waals surface area contributed by atoms with Crippen molar-refractivity contribution in [1.82, 2.24) is 15.0 Å². The van der Waals surface area contributed by atoms with Gasteiger partial charge in [-0.1, -0.05) is 182 Å². The van der Waals surface area contributed by atoms with Crippen LogP contribution in [0.2, 0.25) is 0 Å². The van der Waals surface area contributed by atoms with Gasteiger partial charge in [-0.3, -0.25) is 0 Å². The summed E-state index contributed by atoms with van der Waals surface area (Å²) in [5.74, 6) is 2.34. The largest absolute Gasteiger partial charge is 0.456 e. The van der Waals surface area contributed by atoms with Crippen LogP contribution in [0.25, 0.3) is 99.9 Å². The molecule has 3 aromatic heterocycles. The number of hydrogen-bond acceptors (Lipinski definition) is 5. The van der Waals surface area contributed by atoms with Crippen LogP contribution < -0.4 is 4.74 Å². The Morgan fingerprint density at radius 3 is 1.80 bits per heavy atom. The van der Waals surface area contributed by atoms with Gasteiger partial charge >= 0.3 is 0 Å². The van der Waals surface area contributed by atoms with Gasteiger partial charge in [0.1, 0.15) is 22.7 Å². The van der Waals surface area contributed by atoms with Crippen molar-refractivity contribution in [1.29, 1.82) is 0 Å². The van der Waals surface area contributed by atoms with E-state index < -0.39 is 5.41 Å². The number of rotatable bonds is 4. The zero-order chi connectivity index (χ0) is 42.6. The third kappa shape index (κ3) is 5.12. The Balaban J connectivity index is 1.05. The van der Waals surface area contributed by atoms with Gasteiger partial charge in [0.15, 0.2) is 5.82 Å². The summed E-state index contributed by atoms with van der Waals surface area (Å²) in [7, 11) is 0. The summed E-state index contributed by atoms with van der Waals surface area (Å²) in [4.78, 5) is 16.1. The molecule has 0 radical (unpaired) electrons. The standard InChI is InChI=1S/C60H35N3O2/c1-3-16-36(17-4-1)57-44-32-33-48-58(65-53-28-14-12-26-47(53)60(48)45-24-10-7-20-39(45)40-21-8-11-25-46(40)60)56(44)42-31-30-38(34-50(42)61-57)49-35-51(63-59(62-49)37-18-5-2-6-19-37)41-23-15-29-54-55(41)43-22-9-13-27-52(43)64-54/h1-35H. The summed E-state index contributed by atoms with van der Waals surface area (Å²) >= 11 is 0. The molecule has 1 aliphatic carbocycles. The van der Waals surface area contributed by atoms with Gasteiger partial charge < -0.3 is 9.15 Å². The molecule has 0 saturated carbocycles. The van der Waals surface area contributed by atoms with Gasteiger partial charge in [-0.15, -0.1) is 0 Å². The average molecular weight is 830 g/mol. The fraction of sp³-hybridized carbons (Fsp3) is 0.0167. The molecule has 65 heavy (non-hydrogen) atoms. The lowest BCUT2D eigenvalue weighted by atomic mass is 9.65. The number of ether oxygens (including phenoxy) is 1. The summed E-state index contributed by atoms with van der Waals surface area (Å²) in [6.07, 6.45) is 0. The van der Waals surface area contributed by atoms with Crippen LogP contribution in [0.15, 0.2) is 217 Å². The van der Waals surface area contributed by atoms with Gasteiger partial charge in [0.2, 0.25) is 0 Å². The second-order valence-corrected chi connectivity index (χ2v) is 17.0. The van der Waals surface area contributed by atoms with E-state index in [0.29, 0.717) is 5.82 Å². The van der Waals surface area contributed by atoms with Crippen molar-refractivity contribution < 1.29 is 9.15 Å². The van der Waals surface area contributed by atoms with Crippen LogP contribution in [0.1, 0.15) is 22.3 Å². The van der Waals surface area contributed by atoms with E-state index in [1.54, 1.807) is 0 Å². The van der Waals surface area contributed by atoms with Crippen LogP contribution in [0.5, 0.6) is 11.5 Å². The molecule has 4 heterocycles. The van der Waals surface area contributed by atoms with Crippen LogP contribution in [-0.2, 0) is 5.41 Å². The SMILES string of the molecule is c1ccc(-c2nc(-c3ccc4c(c3)nc(-c3ccccc3)c3ccc5c(c34)Oc3ccccc3C53c4ccccc4-c4ccccc43)cc(-c3cccc4oc5ccccc5c34)n2)cc1. The molecule has 0 fully saturated rings. The van der Waals surface area contributed by atoms with Crippen molar-refractivity contribution in [3.63, 3.8) is 0 Å². The van der Waals surface area contributed by atoms with Crippen molar-refractivity contribution in [3.8, 4) is 67.8 Å². The van der Waals surface area contributed by atoms with E-state index in [2.05, 4.69) is 170 Å². The lowest BCUT2D eigenvalue weighted by Crippen LogP contribution is -2.32. The summed E-state index contributed by atoms with van der Waals surface area (Å²) in [5, 5.41) is 5.14. The quantitative estimate of drug-likeness (QED) is 0.165. The normalized spacial score (nSPS) is 13.2. The minimum absolute atomic E-state index is 0.595. The molecule has 1 spiro atoms. The van der Waals surface area contributed by atoms with E-state index in [1.165, 1.54) is 22.3 Å². The molecule has 12 aromatic rings. The van der Waals surface area contributed by atoms with Crippen molar-refractivity contribution in [2.24, 2.45) is 0 Å². The fourth-order valence-corrected chi connectivity index (χ4v) is 10.8. The Labute approximate surface area is 373 Å². The third-order valence-electron chi connectivity index (χ3n) is 13.6. The van der Waals surface area contributed by atoms with Gasteiger partial charge in [0.25, 0.3) is 0 Å². The zero-order valence-corrected chi connectivity index (χ0v) is 34.9. The zero-order valence-electron chi connectivity index (χ0n) is 34.9. The van der Waals surface area contributed by atoms with Crippen molar-refractivity contribution in [2.45, 2.75) is 5.41 Å². The second kappa shape index (κ2) is 13.7. The first-order valence-electron chi connectivity index (χ1n) is 22.0. The third-order valence-corrected chi connectivity index (χ3v) is 13.6. The van der Waals surface area contributed by atoms with Gasteiger partial charge in [0.05, 0.1) is 28.0 Å². The maximum absolute atomic E-state index is 7.25. The summed E-state index contributed by atoms with van der Waals surface area (Å²) in [5.41, 5.74) is 15.6. The lowest BCUT2D eigenvalue weighted by Gasteiger charge is -2.40. The Hall–Kier alpha value is -8.67. The molecular weight excluding hydrogens is 795 g/mol. The minimum atomic E-state index is -0.595. The number of fused-ring (bicyclic) bond motifs is 16. The van der Waals surface area contributed by atoms with E-state index in [0.717, 1.165) is 106 Å². The number of furan rings is 1. The Bertz CT molecular complexity index is 3890. The van der Waals surface area contributed by atoms with E-state index in [-0.39, 0.29) is 0 Å². The predicted molar refractivity (Wildman–Crippen MR) is 261 cm³/mol. The summed E-state index contributed by atoms with van der Waals surface area (Å²) < 4.78 is 13.6. The molecule has 5 nitrogen and oxygen atoms in total. The van der Waals surface area contributed by atoms with Crippen LogP contribution in [-0.4, -0.2) is 15.0 Å². The molecule has 0 atom stereocenters. The summed E-state index contributed by atoms with van der Waals surface area (Å²) in [6, 6.07) is 74.6. The van der Waals surface area contributed by atoms with Crippen molar-refractivity contribution in [2.75, 3.05) is 0 Å². The van der Waals surface area contributed by atoms with E-state index in [4.69, 9.17) is 24.1 Å². The first kappa shape index (κ1) is 35.9. The molecule has 0 saturated heterocycles. The maximum atomic E-state index is 7.25. The first-order chi connectivity index (χ1) is 32.2. The van der Waals surface area contributed by atoms with Crippen LogP contribution in [0, 0.1) is 0 Å². The Morgan fingerprint density at radius 1 is 0.369 bits per heavy atom. The van der Waals surface area contributed by atoms with E-state index in [1.807, 2.05) is 42.5 Å². The number of hydrogen-bond donors (Lipinski definition) is 0. The highest BCUT2D eigenvalue weighted by Crippen LogP contribution is 2.63. The smallest absolute Gasteiger partial charge is 0.160 e. The Morgan fingerprint density at radius 2 is 1.00 bits per heavy atom. The predicted octanol–water partition coefficient (Wildman–Crippen LogP) is 15.2. The number of para-hydroxylation sites is 2. The van der Waals surface area contributed by atoms with Gasteiger partial charge in [0, 0.05) is 60.3 Å². The van der Waals surface area contributed by atoms with Gasteiger partial charge in [-0.25, -0.2) is 15.0 Å². The first-order valence-corrected chi connectivity index (χ1v) is 22.0. The van der Waals surface area contributed by atoms with Crippen molar-refractivity contribution in [3.05, 3.63) is 235 Å². The topological polar surface area (TPSA) is 61.0 Å². The number of aromatic nitrogens is 3. The maximum Gasteiger partial charge on any atom is 0.160 e. The molecule has 5 heteroatoms. The molecule has 0 N–H and O–H groups in total. The lowest BCUT2D eigenvalue weighted by molar-refractivity contribution is 0.442. The second-order valence-electron chi connectivity index (χ2n) is 17.0. The fourth-order valence-electron chi connectivity index (χ4n) is 10.8. The molecule has 0 unspecified atom stereocenters. The molecule has 0 bridgehead atoms. The van der Waals surface area contributed by atoms with E-state index >= 15 is 0 Å². The molecule has 302 valence electrons. The van der Waals surface area contributed by atoms with Crippen molar-refractivity contribution >= 4 is 43.6 Å². The molecule has 0 amide bonds. The Kier molecular flexibility index (Phi) is 7.54. The molecule has 9 aromatic carbocycles. The highest BCUT2D eigenvalue weighted by molar-refractivity contribution is 6.16. The van der Waals surface area contributed by atoms with Gasteiger partial charge in [-0.05, 0) is 52.6 Å². The monoisotopic (exact) mass is 829 g/mol. The van der Waals surface area contributed by atoms with Crippen LogP contribution >= 0.6 is 0 Å². The van der Waals surface area contributed by atoms with Crippen LogP contribution in [0.4, 0.5) is 0 Å². The summed E-state index contributed by atoms with van der Waals surface area (Å²) in [6.45, 7) is 0. The van der Waals surface area contributed by atoms with Crippen LogP contribution in [0.3, 0.4) is 0 Å². The molecular formula is C60H35N3O2. The van der Waals surface area contributed by atoms with Gasteiger partial charge in [-0.2, -0.15) is 0 Å². The number of pyridine rings is 1. The minimum Gasteiger partial charge on any atom is -0.456 e. The molecule has 14 rings (SSSR count). The highest BCUT2D eigenvalue weighted by atomic mass is 16.5. The highest BCUT2D eigenvalue weighted by Gasteiger charge is 2.51. The van der Waals surface area contributed by atoms with E-state index in [9.17, 15) is 0 Å². The average Bonchev–Trinajstić information content (AvgIpc) is 3.90. The molecule has 2 aliphatic rings. The number of benzene rings is 9. The number of nitrogens with zero attached hydrogens (tertiary/aromatic N) is 3.